The van der Waals surface area contributed by atoms with Crippen molar-refractivity contribution in [2.75, 3.05) is 7.11 Å². The Kier molecular flexibility index (Phi) is 4.93. The first-order valence-corrected chi connectivity index (χ1v) is 8.13. The summed E-state index contributed by atoms with van der Waals surface area (Å²) in [4.78, 5) is 24.0. The first kappa shape index (κ1) is 17.5. The number of benzene rings is 2. The number of nitrogens with one attached hydrogen (secondary N) is 1. The van der Waals surface area contributed by atoms with Gasteiger partial charge in [0.05, 0.1) is 7.11 Å². The minimum Gasteiger partial charge on any atom is -0.497 e. The van der Waals surface area contributed by atoms with E-state index in [1.54, 1.807) is 31.4 Å². The zero-order valence-corrected chi connectivity index (χ0v) is 14.5. The van der Waals surface area contributed by atoms with Crippen LogP contribution < -0.4 is 10.1 Å². The molecule has 1 atom stereocenters. The zero-order chi connectivity index (χ0) is 18.7. The maximum Gasteiger partial charge on any atom is 0.326 e. The van der Waals surface area contributed by atoms with Crippen LogP contribution in [-0.2, 0) is 11.2 Å². The topological polar surface area (TPSA) is 88.8 Å². The molecule has 0 saturated heterocycles. The first-order valence-electron chi connectivity index (χ1n) is 8.13. The van der Waals surface area contributed by atoms with Crippen LogP contribution in [0.3, 0.4) is 0 Å². The Morgan fingerprint density at radius 1 is 1.19 bits per heavy atom. The van der Waals surface area contributed by atoms with E-state index in [2.05, 4.69) is 5.32 Å². The van der Waals surface area contributed by atoms with Crippen LogP contribution in [-0.4, -0.2) is 30.1 Å². The van der Waals surface area contributed by atoms with Crippen LogP contribution in [0.25, 0.3) is 11.0 Å². The molecule has 1 heterocycles. The van der Waals surface area contributed by atoms with E-state index in [4.69, 9.17) is 9.15 Å². The molecule has 3 aromatic rings. The van der Waals surface area contributed by atoms with E-state index in [-0.39, 0.29) is 12.2 Å². The smallest absolute Gasteiger partial charge is 0.326 e. The number of hydrogen-bond donors (Lipinski definition) is 2. The summed E-state index contributed by atoms with van der Waals surface area (Å²) in [6, 6.07) is 13.2. The van der Waals surface area contributed by atoms with Gasteiger partial charge in [-0.2, -0.15) is 0 Å². The maximum atomic E-state index is 12.5. The van der Waals surface area contributed by atoms with Gasteiger partial charge in [0.25, 0.3) is 5.91 Å². The van der Waals surface area contributed by atoms with E-state index in [0.29, 0.717) is 16.7 Å². The fourth-order valence-corrected chi connectivity index (χ4v) is 2.75. The molecule has 0 aliphatic rings. The predicted molar refractivity (Wildman–Crippen MR) is 96.5 cm³/mol. The third-order valence-electron chi connectivity index (χ3n) is 4.24. The predicted octanol–water partition coefficient (Wildman–Crippen LogP) is 3.18. The number of carboxylic acid groups (broad SMARTS) is 1. The number of aliphatic carboxylic acids is 1. The van der Waals surface area contributed by atoms with Crippen molar-refractivity contribution in [2.45, 2.75) is 19.4 Å². The molecule has 26 heavy (non-hydrogen) atoms. The molecule has 6 heteroatoms. The van der Waals surface area contributed by atoms with Gasteiger partial charge >= 0.3 is 5.97 Å². The molecule has 3 rings (SSSR count). The Morgan fingerprint density at radius 2 is 1.96 bits per heavy atom. The first-order chi connectivity index (χ1) is 12.5. The van der Waals surface area contributed by atoms with Crippen LogP contribution in [0, 0.1) is 6.92 Å². The van der Waals surface area contributed by atoms with Gasteiger partial charge in [0, 0.05) is 11.8 Å². The third-order valence-corrected chi connectivity index (χ3v) is 4.24. The average Bonchev–Trinajstić information content (AvgIpc) is 3.06. The fourth-order valence-electron chi connectivity index (χ4n) is 2.75. The van der Waals surface area contributed by atoms with Crippen molar-refractivity contribution in [1.82, 2.24) is 5.32 Å². The third kappa shape index (κ3) is 3.69. The molecule has 0 saturated carbocycles. The average molecular weight is 353 g/mol. The number of rotatable bonds is 6. The molecule has 0 aliphatic heterocycles. The summed E-state index contributed by atoms with van der Waals surface area (Å²) in [6.45, 7) is 1.91. The summed E-state index contributed by atoms with van der Waals surface area (Å²) in [6.07, 6.45) is 0.196. The van der Waals surface area contributed by atoms with Crippen LogP contribution in [0.15, 0.2) is 52.9 Å². The van der Waals surface area contributed by atoms with Crippen LogP contribution in [0.5, 0.6) is 5.75 Å². The van der Waals surface area contributed by atoms with Crippen molar-refractivity contribution < 1.29 is 23.8 Å². The highest BCUT2D eigenvalue weighted by Crippen LogP contribution is 2.24. The van der Waals surface area contributed by atoms with Crippen LogP contribution in [0.4, 0.5) is 0 Å². The van der Waals surface area contributed by atoms with Crippen molar-refractivity contribution in [3.05, 3.63) is 65.4 Å². The normalized spacial score (nSPS) is 11.9. The fraction of sp³-hybridized carbons (Fsp3) is 0.200. The van der Waals surface area contributed by atoms with Crippen LogP contribution in [0.2, 0.25) is 0 Å². The van der Waals surface area contributed by atoms with Gasteiger partial charge < -0.3 is 19.6 Å². The summed E-state index contributed by atoms with van der Waals surface area (Å²) < 4.78 is 10.7. The molecule has 6 nitrogen and oxygen atoms in total. The number of amides is 1. The van der Waals surface area contributed by atoms with Gasteiger partial charge in [-0.25, -0.2) is 4.79 Å². The second-order valence-corrected chi connectivity index (χ2v) is 6.01. The summed E-state index contributed by atoms with van der Waals surface area (Å²) in [5.41, 5.74) is 2.38. The lowest BCUT2D eigenvalue weighted by Crippen LogP contribution is -2.42. The highest BCUT2D eigenvalue weighted by Gasteiger charge is 2.23. The van der Waals surface area contributed by atoms with Gasteiger partial charge in [-0.05, 0) is 42.3 Å². The lowest BCUT2D eigenvalue weighted by atomic mass is 10.0. The molecule has 2 N–H and O–H groups in total. The highest BCUT2D eigenvalue weighted by molar-refractivity contribution is 5.98. The Hall–Kier alpha value is -3.28. The highest BCUT2D eigenvalue weighted by atomic mass is 16.5. The van der Waals surface area contributed by atoms with E-state index in [9.17, 15) is 14.7 Å². The number of methoxy groups -OCH3 is 1. The molecular formula is C20H19NO5. The number of hydrogen-bond acceptors (Lipinski definition) is 4. The molecule has 0 fully saturated rings. The van der Waals surface area contributed by atoms with E-state index >= 15 is 0 Å². The van der Waals surface area contributed by atoms with Gasteiger partial charge in [-0.15, -0.1) is 0 Å². The van der Waals surface area contributed by atoms with E-state index in [1.165, 1.54) is 0 Å². The largest absolute Gasteiger partial charge is 0.497 e. The SMILES string of the molecule is COc1ccc2oc(C(=O)N[C@@H](Cc3ccccc3C)C(=O)O)cc2c1. The van der Waals surface area contributed by atoms with Crippen LogP contribution >= 0.6 is 0 Å². The second-order valence-electron chi connectivity index (χ2n) is 6.01. The van der Waals surface area contributed by atoms with Crippen molar-refractivity contribution in [3.63, 3.8) is 0 Å². The van der Waals surface area contributed by atoms with Crippen LogP contribution in [0.1, 0.15) is 21.7 Å². The number of furan rings is 1. The quantitative estimate of drug-likeness (QED) is 0.710. The lowest BCUT2D eigenvalue weighted by Gasteiger charge is -2.15. The van der Waals surface area contributed by atoms with E-state index < -0.39 is 17.9 Å². The summed E-state index contributed by atoms with van der Waals surface area (Å²) in [7, 11) is 1.55. The van der Waals surface area contributed by atoms with E-state index in [0.717, 1.165) is 11.1 Å². The number of fused-ring (bicyclic) bond motifs is 1. The van der Waals surface area contributed by atoms with Crippen molar-refractivity contribution in [2.24, 2.45) is 0 Å². The molecule has 1 aromatic heterocycles. The zero-order valence-electron chi connectivity index (χ0n) is 14.5. The maximum absolute atomic E-state index is 12.5. The second kappa shape index (κ2) is 7.31. The molecule has 0 spiro atoms. The van der Waals surface area contributed by atoms with E-state index in [1.807, 2.05) is 31.2 Å². The summed E-state index contributed by atoms with van der Waals surface area (Å²) >= 11 is 0. The van der Waals surface area contributed by atoms with Gasteiger partial charge in [0.1, 0.15) is 17.4 Å². The van der Waals surface area contributed by atoms with Crippen molar-refractivity contribution >= 4 is 22.8 Å². The van der Waals surface area contributed by atoms with Gasteiger partial charge in [-0.1, -0.05) is 24.3 Å². The minimum absolute atomic E-state index is 0.0595. The number of ether oxygens (including phenoxy) is 1. The summed E-state index contributed by atoms with van der Waals surface area (Å²) in [5.74, 6) is -0.960. The Bertz CT molecular complexity index is 960. The minimum atomic E-state index is -1.10. The molecule has 2 aromatic carbocycles. The standard InChI is InChI=1S/C20H19NO5/c1-12-5-3-4-6-13(12)10-16(20(23)24)21-19(22)18-11-14-9-15(25-2)7-8-17(14)26-18/h3-9,11,16H,10H2,1-2H3,(H,21,22)(H,23,24)/t16-/m0/s1. The molecule has 1 amide bonds. The monoisotopic (exact) mass is 353 g/mol. The number of carboxylic acids is 1. The van der Waals surface area contributed by atoms with Gasteiger partial charge in [0.2, 0.25) is 0 Å². The molecule has 134 valence electrons. The van der Waals surface area contributed by atoms with Gasteiger partial charge in [-0.3, -0.25) is 4.79 Å². The molecule has 0 aliphatic carbocycles. The number of aryl methyl sites for hydroxylation is 1. The molecule has 0 radical (unpaired) electrons. The Balaban J connectivity index is 1.80. The molecule has 0 unspecified atom stereocenters. The molecular weight excluding hydrogens is 334 g/mol. The number of carbonyl (C=O) groups excluding carboxylic acids is 1. The Morgan fingerprint density at radius 3 is 2.65 bits per heavy atom. The van der Waals surface area contributed by atoms with Crippen molar-refractivity contribution in [1.29, 1.82) is 0 Å². The Labute approximate surface area is 150 Å². The lowest BCUT2D eigenvalue weighted by molar-refractivity contribution is -0.139. The van der Waals surface area contributed by atoms with Crippen molar-refractivity contribution in [3.8, 4) is 5.75 Å². The molecule has 0 bridgehead atoms. The number of carbonyl (C=O) groups is 2. The van der Waals surface area contributed by atoms with Gasteiger partial charge in [0.15, 0.2) is 5.76 Å². The summed E-state index contributed by atoms with van der Waals surface area (Å²) in [5, 5.41) is 12.7.